The van der Waals surface area contributed by atoms with Crippen LogP contribution in [0.2, 0.25) is 0 Å². The number of aliphatic hydroxyl groups is 1. The molecule has 0 saturated heterocycles. The van der Waals surface area contributed by atoms with Crippen molar-refractivity contribution >= 4 is 0 Å². The van der Waals surface area contributed by atoms with E-state index in [0.29, 0.717) is 11.3 Å². The highest BCUT2D eigenvalue weighted by Gasteiger charge is 2.12. The van der Waals surface area contributed by atoms with E-state index in [0.717, 1.165) is 5.56 Å². The molecule has 0 aliphatic carbocycles. The standard InChI is InChI=1S/C11H13NO2/c1-8-3-4-11(14-2)9(7-8)10(13)5-6-12/h3-4,7,10,13H,5H2,1-2H3. The van der Waals surface area contributed by atoms with E-state index in [9.17, 15) is 5.11 Å². The Kier molecular flexibility index (Phi) is 3.49. The van der Waals surface area contributed by atoms with E-state index in [2.05, 4.69) is 0 Å². The van der Waals surface area contributed by atoms with E-state index in [1.165, 1.54) is 0 Å². The number of methoxy groups -OCH3 is 1. The van der Waals surface area contributed by atoms with Gasteiger partial charge in [-0.3, -0.25) is 0 Å². The Balaban J connectivity index is 3.04. The summed E-state index contributed by atoms with van der Waals surface area (Å²) in [5, 5.41) is 18.1. The molecule has 0 aromatic heterocycles. The molecule has 74 valence electrons. The normalized spacial score (nSPS) is 11.9. The SMILES string of the molecule is COc1ccc(C)cc1C(O)CC#N. The lowest BCUT2D eigenvalue weighted by atomic mass is 10.0. The molecule has 3 nitrogen and oxygen atoms in total. The Morgan fingerprint density at radius 3 is 2.86 bits per heavy atom. The molecular weight excluding hydrogens is 178 g/mol. The summed E-state index contributed by atoms with van der Waals surface area (Å²) >= 11 is 0. The average Bonchev–Trinajstić information content (AvgIpc) is 2.18. The van der Waals surface area contributed by atoms with E-state index >= 15 is 0 Å². The van der Waals surface area contributed by atoms with Crippen molar-refractivity contribution in [3.05, 3.63) is 29.3 Å². The summed E-state index contributed by atoms with van der Waals surface area (Å²) in [5.74, 6) is 0.623. The maximum Gasteiger partial charge on any atom is 0.124 e. The lowest BCUT2D eigenvalue weighted by molar-refractivity contribution is 0.179. The lowest BCUT2D eigenvalue weighted by Crippen LogP contribution is -2.00. The second kappa shape index (κ2) is 4.64. The summed E-state index contributed by atoms with van der Waals surface area (Å²) in [7, 11) is 1.55. The molecule has 0 aliphatic rings. The topological polar surface area (TPSA) is 53.2 Å². The van der Waals surface area contributed by atoms with E-state index in [-0.39, 0.29) is 6.42 Å². The predicted molar refractivity (Wildman–Crippen MR) is 52.9 cm³/mol. The molecule has 14 heavy (non-hydrogen) atoms. The van der Waals surface area contributed by atoms with Gasteiger partial charge in [-0.2, -0.15) is 5.26 Å². The summed E-state index contributed by atoms with van der Waals surface area (Å²) in [6.45, 7) is 1.93. The van der Waals surface area contributed by atoms with E-state index in [1.807, 2.05) is 25.1 Å². The molecule has 1 aromatic carbocycles. The number of hydrogen-bond acceptors (Lipinski definition) is 3. The highest BCUT2D eigenvalue weighted by atomic mass is 16.5. The third-order valence-electron chi connectivity index (χ3n) is 2.03. The van der Waals surface area contributed by atoms with Gasteiger partial charge in [0, 0.05) is 5.56 Å². The van der Waals surface area contributed by atoms with Gasteiger partial charge in [0.05, 0.1) is 25.7 Å². The molecule has 0 saturated carbocycles. The fourth-order valence-corrected chi connectivity index (χ4v) is 1.31. The van der Waals surface area contributed by atoms with Crippen LogP contribution in [0.4, 0.5) is 0 Å². The van der Waals surface area contributed by atoms with Crippen molar-refractivity contribution in [2.24, 2.45) is 0 Å². The zero-order valence-electron chi connectivity index (χ0n) is 8.32. The predicted octanol–water partition coefficient (Wildman–Crippen LogP) is 1.95. The summed E-state index contributed by atoms with van der Waals surface area (Å²) in [4.78, 5) is 0. The first kappa shape index (κ1) is 10.6. The molecule has 1 N–H and O–H groups in total. The first-order chi connectivity index (χ1) is 6.69. The summed E-state index contributed by atoms with van der Waals surface area (Å²) < 4.78 is 5.10. The fraction of sp³-hybridized carbons (Fsp3) is 0.364. The van der Waals surface area contributed by atoms with Crippen LogP contribution >= 0.6 is 0 Å². The van der Waals surface area contributed by atoms with Gasteiger partial charge in [-0.05, 0) is 19.1 Å². The van der Waals surface area contributed by atoms with Gasteiger partial charge in [-0.15, -0.1) is 0 Å². The van der Waals surface area contributed by atoms with Gasteiger partial charge in [0.1, 0.15) is 5.75 Å². The van der Waals surface area contributed by atoms with Gasteiger partial charge in [0.15, 0.2) is 0 Å². The van der Waals surface area contributed by atoms with Crippen LogP contribution in [-0.2, 0) is 0 Å². The lowest BCUT2D eigenvalue weighted by Gasteiger charge is -2.12. The minimum Gasteiger partial charge on any atom is -0.496 e. The smallest absolute Gasteiger partial charge is 0.124 e. The Bertz CT molecular complexity index is 355. The zero-order valence-corrected chi connectivity index (χ0v) is 8.32. The summed E-state index contributed by atoms with van der Waals surface area (Å²) in [6, 6.07) is 7.47. The summed E-state index contributed by atoms with van der Waals surface area (Å²) in [5.41, 5.74) is 1.71. The van der Waals surface area contributed by atoms with Crippen molar-refractivity contribution in [2.45, 2.75) is 19.4 Å². The molecule has 1 aromatic rings. The van der Waals surface area contributed by atoms with Crippen LogP contribution in [0, 0.1) is 18.3 Å². The Labute approximate surface area is 83.6 Å². The van der Waals surface area contributed by atoms with Crippen LogP contribution in [0.5, 0.6) is 5.75 Å². The maximum atomic E-state index is 9.65. The van der Waals surface area contributed by atoms with E-state index < -0.39 is 6.10 Å². The van der Waals surface area contributed by atoms with Crippen LogP contribution in [0.3, 0.4) is 0 Å². The third-order valence-corrected chi connectivity index (χ3v) is 2.03. The van der Waals surface area contributed by atoms with Crippen LogP contribution in [0.25, 0.3) is 0 Å². The third kappa shape index (κ3) is 2.24. The Hall–Kier alpha value is -1.53. The number of aryl methyl sites for hydroxylation is 1. The fourth-order valence-electron chi connectivity index (χ4n) is 1.31. The van der Waals surface area contributed by atoms with E-state index in [4.69, 9.17) is 10.00 Å². The zero-order chi connectivity index (χ0) is 10.6. The van der Waals surface area contributed by atoms with Crippen molar-refractivity contribution in [1.82, 2.24) is 0 Å². The van der Waals surface area contributed by atoms with Crippen LogP contribution in [0.1, 0.15) is 23.7 Å². The van der Waals surface area contributed by atoms with Gasteiger partial charge in [-0.25, -0.2) is 0 Å². The van der Waals surface area contributed by atoms with Crippen LogP contribution in [0.15, 0.2) is 18.2 Å². The van der Waals surface area contributed by atoms with Crippen molar-refractivity contribution in [2.75, 3.05) is 7.11 Å². The highest BCUT2D eigenvalue weighted by Crippen LogP contribution is 2.27. The number of nitrogens with zero attached hydrogens (tertiary/aromatic N) is 1. The van der Waals surface area contributed by atoms with Crippen LogP contribution < -0.4 is 4.74 Å². The average molecular weight is 191 g/mol. The van der Waals surface area contributed by atoms with Crippen molar-refractivity contribution in [3.8, 4) is 11.8 Å². The molecule has 1 atom stereocenters. The molecule has 0 aliphatic heterocycles. The minimum absolute atomic E-state index is 0.0831. The van der Waals surface area contributed by atoms with Crippen molar-refractivity contribution in [3.63, 3.8) is 0 Å². The maximum absolute atomic E-state index is 9.65. The molecule has 1 unspecified atom stereocenters. The monoisotopic (exact) mass is 191 g/mol. The first-order valence-electron chi connectivity index (χ1n) is 4.38. The number of nitriles is 1. The van der Waals surface area contributed by atoms with Crippen molar-refractivity contribution in [1.29, 1.82) is 5.26 Å². The minimum atomic E-state index is -0.769. The van der Waals surface area contributed by atoms with Crippen molar-refractivity contribution < 1.29 is 9.84 Å². The number of hydrogen-bond donors (Lipinski definition) is 1. The Morgan fingerprint density at radius 2 is 2.29 bits per heavy atom. The van der Waals surface area contributed by atoms with Gasteiger partial charge in [0.2, 0.25) is 0 Å². The molecule has 3 heteroatoms. The molecule has 0 radical (unpaired) electrons. The van der Waals surface area contributed by atoms with Crippen LogP contribution in [-0.4, -0.2) is 12.2 Å². The molecule has 0 fully saturated rings. The highest BCUT2D eigenvalue weighted by molar-refractivity contribution is 5.38. The summed E-state index contributed by atoms with van der Waals surface area (Å²) in [6.07, 6.45) is -0.686. The number of benzene rings is 1. The van der Waals surface area contributed by atoms with Gasteiger partial charge in [0.25, 0.3) is 0 Å². The molecule has 0 heterocycles. The second-order valence-corrected chi connectivity index (χ2v) is 3.12. The molecule has 0 amide bonds. The number of rotatable bonds is 3. The largest absolute Gasteiger partial charge is 0.496 e. The number of ether oxygens (including phenoxy) is 1. The first-order valence-corrected chi connectivity index (χ1v) is 4.38. The number of aliphatic hydroxyl groups excluding tert-OH is 1. The molecular formula is C11H13NO2. The molecule has 0 bridgehead atoms. The molecule has 1 rings (SSSR count). The Morgan fingerprint density at radius 1 is 1.57 bits per heavy atom. The van der Waals surface area contributed by atoms with Gasteiger partial charge >= 0.3 is 0 Å². The van der Waals surface area contributed by atoms with Gasteiger partial charge < -0.3 is 9.84 Å². The molecule has 0 spiro atoms. The van der Waals surface area contributed by atoms with E-state index in [1.54, 1.807) is 13.2 Å². The second-order valence-electron chi connectivity index (χ2n) is 3.12. The quantitative estimate of drug-likeness (QED) is 0.794. The van der Waals surface area contributed by atoms with Gasteiger partial charge in [-0.1, -0.05) is 11.6 Å².